The summed E-state index contributed by atoms with van der Waals surface area (Å²) in [6.07, 6.45) is 3.97. The summed E-state index contributed by atoms with van der Waals surface area (Å²) in [5, 5.41) is 22.1. The Morgan fingerprint density at radius 2 is 0.607 bits per heavy atom. The zero-order valence-electron chi connectivity index (χ0n) is 45.3. The summed E-state index contributed by atoms with van der Waals surface area (Å²) in [5.74, 6) is 0. The summed E-state index contributed by atoms with van der Waals surface area (Å²) in [6, 6.07) is 99.2. The number of pyridine rings is 2. The molecule has 0 saturated carbocycles. The SMILES string of the molecule is c1ccc2cc(-c3c4ccccc4c(-c4ccc(-c5ccc6cc(-c7c8ccccc8c(-c8nccc9c8sc8ccccc89)c8ccccc78)ccc6c5)c5ccccc45)c4ccc(-c5nccc6c5sc5ccccc56)cc34)ccc2c1. The van der Waals surface area contributed by atoms with Crippen LogP contribution >= 0.6 is 22.7 Å². The lowest BCUT2D eigenvalue weighted by Gasteiger charge is -2.21. The summed E-state index contributed by atoms with van der Waals surface area (Å²) in [6.45, 7) is 0. The second-order valence-corrected chi connectivity index (χ2v) is 24.3. The van der Waals surface area contributed by atoms with Crippen LogP contribution in [0.25, 0.3) is 183 Å². The molecule has 0 spiro atoms. The van der Waals surface area contributed by atoms with Crippen LogP contribution in [0, 0.1) is 0 Å². The van der Waals surface area contributed by atoms with Crippen molar-refractivity contribution in [2.75, 3.05) is 0 Å². The van der Waals surface area contributed by atoms with Gasteiger partial charge in [-0.3, -0.25) is 9.97 Å². The molecule has 0 aliphatic heterocycles. The Labute approximate surface area is 491 Å². The van der Waals surface area contributed by atoms with Crippen molar-refractivity contribution in [3.63, 3.8) is 0 Å². The average Bonchev–Trinajstić information content (AvgIpc) is 1.96. The molecule has 18 rings (SSSR count). The van der Waals surface area contributed by atoms with Crippen molar-refractivity contribution >= 4 is 138 Å². The lowest BCUT2D eigenvalue weighted by atomic mass is 9.83. The minimum atomic E-state index is 1.02. The first-order valence-electron chi connectivity index (χ1n) is 28.7. The fraction of sp³-hybridized carbons (Fsp3) is 0. The quantitative estimate of drug-likeness (QED) is 0.155. The van der Waals surface area contributed by atoms with Crippen LogP contribution in [0.2, 0.25) is 0 Å². The summed E-state index contributed by atoms with van der Waals surface area (Å²) in [4.78, 5) is 10.3. The highest BCUT2D eigenvalue weighted by Gasteiger charge is 2.24. The molecule has 2 nitrogen and oxygen atoms in total. The van der Waals surface area contributed by atoms with Crippen molar-refractivity contribution in [3.8, 4) is 67.0 Å². The predicted molar refractivity (Wildman–Crippen MR) is 363 cm³/mol. The highest BCUT2D eigenvalue weighted by Crippen LogP contribution is 2.51. The van der Waals surface area contributed by atoms with Crippen LogP contribution in [0.5, 0.6) is 0 Å². The van der Waals surface area contributed by atoms with Gasteiger partial charge in [0.2, 0.25) is 0 Å². The Morgan fingerprint density at radius 1 is 0.214 bits per heavy atom. The average molecular weight is 1100 g/mol. The van der Waals surface area contributed by atoms with Gasteiger partial charge in [0.05, 0.1) is 20.8 Å². The van der Waals surface area contributed by atoms with Crippen LogP contribution in [0.15, 0.2) is 279 Å². The van der Waals surface area contributed by atoms with Crippen molar-refractivity contribution in [2.45, 2.75) is 0 Å². The van der Waals surface area contributed by atoms with Crippen molar-refractivity contribution in [3.05, 3.63) is 279 Å². The molecule has 18 aromatic rings. The van der Waals surface area contributed by atoms with Gasteiger partial charge in [0, 0.05) is 54.5 Å². The van der Waals surface area contributed by atoms with Crippen molar-refractivity contribution < 1.29 is 0 Å². The van der Waals surface area contributed by atoms with Gasteiger partial charge in [0.1, 0.15) is 0 Å². The number of rotatable bonds is 6. The topological polar surface area (TPSA) is 25.8 Å². The molecule has 84 heavy (non-hydrogen) atoms. The summed E-state index contributed by atoms with van der Waals surface area (Å²) in [5.41, 5.74) is 14.1. The lowest BCUT2D eigenvalue weighted by Crippen LogP contribution is -1.94. The van der Waals surface area contributed by atoms with Gasteiger partial charge in [-0.1, -0.05) is 218 Å². The van der Waals surface area contributed by atoms with Gasteiger partial charge in [-0.2, -0.15) is 0 Å². The van der Waals surface area contributed by atoms with Gasteiger partial charge >= 0.3 is 0 Å². The smallest absolute Gasteiger partial charge is 0.0892 e. The van der Waals surface area contributed by atoms with E-state index in [-0.39, 0.29) is 0 Å². The number of aromatic nitrogens is 2. The maximum Gasteiger partial charge on any atom is 0.0892 e. The van der Waals surface area contributed by atoms with Gasteiger partial charge in [-0.15, -0.1) is 22.7 Å². The van der Waals surface area contributed by atoms with Gasteiger partial charge in [0.25, 0.3) is 0 Å². The van der Waals surface area contributed by atoms with E-state index in [0.29, 0.717) is 0 Å². The molecular weight excluding hydrogens is 1050 g/mol. The van der Waals surface area contributed by atoms with E-state index in [1.165, 1.54) is 166 Å². The van der Waals surface area contributed by atoms with Crippen LogP contribution in [0.1, 0.15) is 0 Å². The van der Waals surface area contributed by atoms with Gasteiger partial charge in [-0.05, 0) is 168 Å². The first-order chi connectivity index (χ1) is 41.7. The maximum absolute atomic E-state index is 5.17. The van der Waals surface area contributed by atoms with Crippen molar-refractivity contribution in [1.82, 2.24) is 9.97 Å². The molecule has 4 heteroatoms. The fourth-order valence-electron chi connectivity index (χ4n) is 14.0. The molecule has 0 saturated heterocycles. The van der Waals surface area contributed by atoms with Crippen LogP contribution in [0.3, 0.4) is 0 Å². The highest BCUT2D eigenvalue weighted by molar-refractivity contribution is 7.26. The second kappa shape index (κ2) is 18.6. The molecule has 388 valence electrons. The lowest BCUT2D eigenvalue weighted by molar-refractivity contribution is 1.37. The van der Waals surface area contributed by atoms with Crippen LogP contribution in [-0.2, 0) is 0 Å². The second-order valence-electron chi connectivity index (χ2n) is 22.2. The molecule has 0 N–H and O–H groups in total. The van der Waals surface area contributed by atoms with Crippen LogP contribution in [-0.4, -0.2) is 9.97 Å². The Kier molecular flexibility index (Phi) is 10.5. The molecule has 4 heterocycles. The minimum absolute atomic E-state index is 1.02. The third-order valence-corrected chi connectivity index (χ3v) is 20.1. The zero-order valence-corrected chi connectivity index (χ0v) is 46.9. The Morgan fingerprint density at radius 3 is 1.21 bits per heavy atom. The molecule has 0 atom stereocenters. The molecule has 0 radical (unpaired) electrons. The van der Waals surface area contributed by atoms with E-state index in [4.69, 9.17) is 9.97 Å². The van der Waals surface area contributed by atoms with E-state index in [1.54, 1.807) is 0 Å². The van der Waals surface area contributed by atoms with Crippen LogP contribution in [0.4, 0.5) is 0 Å². The maximum atomic E-state index is 5.17. The molecule has 4 aromatic heterocycles. The van der Waals surface area contributed by atoms with E-state index in [0.717, 1.165) is 17.0 Å². The van der Waals surface area contributed by atoms with Gasteiger partial charge in [0.15, 0.2) is 0 Å². The molecule has 0 aliphatic carbocycles. The molecule has 0 unspecified atom stereocenters. The predicted octanol–water partition coefficient (Wildman–Crippen LogP) is 23.3. The number of thiophene rings is 2. The number of fused-ring (bicyclic) bond motifs is 13. The van der Waals surface area contributed by atoms with E-state index in [2.05, 4.69) is 267 Å². The van der Waals surface area contributed by atoms with Gasteiger partial charge in [-0.25, -0.2) is 0 Å². The summed E-state index contributed by atoms with van der Waals surface area (Å²) < 4.78 is 4.99. The number of benzene rings is 14. The summed E-state index contributed by atoms with van der Waals surface area (Å²) in [7, 11) is 0. The number of hydrogen-bond acceptors (Lipinski definition) is 4. The Hall–Kier alpha value is -10.4. The monoisotopic (exact) mass is 1100 g/mol. The Balaban J connectivity index is 0.792. The van der Waals surface area contributed by atoms with E-state index >= 15 is 0 Å². The molecule has 0 bridgehead atoms. The van der Waals surface area contributed by atoms with E-state index in [9.17, 15) is 0 Å². The molecule has 0 aliphatic rings. The van der Waals surface area contributed by atoms with Gasteiger partial charge < -0.3 is 0 Å². The number of hydrogen-bond donors (Lipinski definition) is 0. The zero-order chi connectivity index (χ0) is 55.0. The highest BCUT2D eigenvalue weighted by atomic mass is 32.1. The van der Waals surface area contributed by atoms with Crippen molar-refractivity contribution in [1.29, 1.82) is 0 Å². The summed E-state index contributed by atoms with van der Waals surface area (Å²) >= 11 is 3.67. The van der Waals surface area contributed by atoms with Crippen molar-refractivity contribution in [2.24, 2.45) is 0 Å². The third kappa shape index (κ3) is 7.15. The van der Waals surface area contributed by atoms with Crippen LogP contribution < -0.4 is 0 Å². The molecular formula is C80H46N2S2. The molecule has 0 fully saturated rings. The van der Waals surface area contributed by atoms with E-state index < -0.39 is 0 Å². The Bertz CT molecular complexity index is 5770. The first-order valence-corrected chi connectivity index (χ1v) is 30.3. The minimum Gasteiger partial charge on any atom is -0.255 e. The first kappa shape index (κ1) is 47.3. The largest absolute Gasteiger partial charge is 0.255 e. The standard InChI is InChI=1S/C80H46N2S2/c1-2-16-48-44-53(33-29-47(48)15-1)74-60-21-5-8-24-63(60)75(67-36-35-54(46-70(67)74)77-79-68(39-41-81-77)58-19-11-13-27-71(58)83-79)66-38-37-55(56-17-3-4-18-57(56)66)51-32-30-50-45-52(34-31-49(50)43-51)73-61-22-6-9-25-64(61)76(65-26-10-7-23-62(65)73)78-80-69(40-42-82-78)59-20-12-14-28-72(59)84-80/h1-46H. The molecule has 0 amide bonds. The molecule has 14 aromatic carbocycles. The normalized spacial score (nSPS) is 12.0. The third-order valence-electron chi connectivity index (χ3n) is 17.7. The fourth-order valence-corrected chi connectivity index (χ4v) is 16.4. The van der Waals surface area contributed by atoms with E-state index in [1.807, 2.05) is 35.1 Å². The number of nitrogens with zero attached hydrogens (tertiary/aromatic N) is 2.